The van der Waals surface area contributed by atoms with Crippen LogP contribution in [0.3, 0.4) is 0 Å². The van der Waals surface area contributed by atoms with Crippen molar-refractivity contribution in [3.8, 4) is 11.6 Å². The number of carboxylic acids is 2. The number of barbiturate groups is 1. The predicted octanol–water partition coefficient (Wildman–Crippen LogP) is 5.49. The first-order chi connectivity index (χ1) is 41.5. The van der Waals surface area contributed by atoms with Crippen molar-refractivity contribution in [1.82, 2.24) is 20.2 Å². The number of aromatic nitrogens is 2. The van der Waals surface area contributed by atoms with E-state index in [1.54, 1.807) is 66.7 Å². The van der Waals surface area contributed by atoms with Gasteiger partial charge in [-0.3, -0.25) is 43.9 Å². The number of aromatic amines is 1. The Labute approximate surface area is 518 Å². The van der Waals surface area contributed by atoms with Gasteiger partial charge in [-0.2, -0.15) is 0 Å². The Morgan fingerprint density at radius 1 is 0.753 bits per heavy atom. The standard InChI is InChI=1S/C36H39N7O8.C15H25NO6.2C6H12O2/c1-5-41(6-2)19-9-14-30(45)38-25-11-8-13-27(21-25)43-34(49)29(32(47)40-36(43)51)18-16-22(3)15-17-28-31(46)39-35(50)42(33(28)48)26-12-7-10-24(20-26)37-23(4)44;1-6-15(4,5)13(18)21-9-10-22-14(19)16-7-8-20-12(17)11(2)3;2*1-4-6(2,3)5(7)8/h7-8,10-13,15-18,20-21,46H,5-6,9,14,19H2,1-4H3,(H,37,44)(H,38,45)(H,39,50)(H,40,47,51);2,6-10H2,1,3-5H3,(H,16,19);2*4H2,1-3H3,(H,7,8). The third-order valence-electron chi connectivity index (χ3n) is 13.8. The molecule has 0 aliphatic carbocycles. The molecule has 1 fully saturated rings. The lowest BCUT2D eigenvalue weighted by Crippen LogP contribution is -3.11. The molecule has 0 atom stereocenters. The van der Waals surface area contributed by atoms with Gasteiger partial charge >= 0.3 is 35.7 Å². The van der Waals surface area contributed by atoms with Crippen molar-refractivity contribution in [2.24, 2.45) is 16.2 Å². The van der Waals surface area contributed by atoms with E-state index in [0.29, 0.717) is 54.6 Å². The second-order valence-electron chi connectivity index (χ2n) is 22.1. The number of quaternary nitrogens is 1. The zero-order chi connectivity index (χ0) is 68.0. The number of imide groups is 2. The van der Waals surface area contributed by atoms with Crippen LogP contribution in [0.15, 0.2) is 99.6 Å². The van der Waals surface area contributed by atoms with Crippen LogP contribution in [-0.4, -0.2) is 125 Å². The fourth-order valence-corrected chi connectivity index (χ4v) is 6.67. The lowest BCUT2D eigenvalue weighted by atomic mass is 9.91. The van der Waals surface area contributed by atoms with E-state index in [-0.39, 0.29) is 66.7 Å². The molecule has 0 saturated carbocycles. The molecule has 2 heterocycles. The Morgan fingerprint density at radius 3 is 1.83 bits per heavy atom. The number of aromatic hydroxyl groups is 1. The number of benzene rings is 2. The maximum atomic E-state index is 13.4. The largest absolute Gasteiger partial charge is 0.550 e. The van der Waals surface area contributed by atoms with E-state index in [2.05, 4.69) is 46.7 Å². The number of carboxylic acid groups (broad SMARTS) is 2. The van der Waals surface area contributed by atoms with Crippen LogP contribution in [-0.2, 0) is 52.6 Å². The first kappa shape index (κ1) is 77.6. The van der Waals surface area contributed by atoms with E-state index in [0.717, 1.165) is 29.1 Å². The van der Waals surface area contributed by atoms with Crippen LogP contribution in [0.1, 0.15) is 135 Å². The highest BCUT2D eigenvalue weighted by atomic mass is 16.6. The first-order valence-corrected chi connectivity index (χ1v) is 28.9. The van der Waals surface area contributed by atoms with Gasteiger partial charge in [0.2, 0.25) is 17.7 Å². The van der Waals surface area contributed by atoms with Gasteiger partial charge in [-0.05, 0) is 123 Å². The van der Waals surface area contributed by atoms with Crippen molar-refractivity contribution in [3.63, 3.8) is 0 Å². The Balaban J connectivity index is 0.000000849. The van der Waals surface area contributed by atoms with Gasteiger partial charge < -0.3 is 55.2 Å². The summed E-state index contributed by atoms with van der Waals surface area (Å²) in [5.41, 5.74) is -2.42. The van der Waals surface area contributed by atoms with E-state index in [1.807, 2.05) is 20.8 Å². The van der Waals surface area contributed by atoms with Gasteiger partial charge in [0.25, 0.3) is 17.4 Å². The molecule has 488 valence electrons. The summed E-state index contributed by atoms with van der Waals surface area (Å²) in [4.78, 5) is 148. The number of nitrogens with one attached hydrogen (secondary N) is 6. The summed E-state index contributed by atoms with van der Waals surface area (Å²) in [7, 11) is 0. The monoisotopic (exact) mass is 1240 g/mol. The zero-order valence-corrected chi connectivity index (χ0v) is 53.4. The predicted molar refractivity (Wildman–Crippen MR) is 333 cm³/mol. The first-order valence-electron chi connectivity index (χ1n) is 28.9. The topological polar surface area (TPSA) is 373 Å². The van der Waals surface area contributed by atoms with Crippen molar-refractivity contribution >= 4 is 82.8 Å². The Hall–Kier alpha value is -9.46. The van der Waals surface area contributed by atoms with Crippen LogP contribution in [0.5, 0.6) is 5.88 Å². The highest BCUT2D eigenvalue weighted by Crippen LogP contribution is 2.25. The van der Waals surface area contributed by atoms with E-state index >= 15 is 0 Å². The second kappa shape index (κ2) is 37.3. The quantitative estimate of drug-likeness (QED) is 0.0123. The fraction of sp³-hybridized carbons (Fsp3) is 0.460. The molecule has 3 aromatic rings. The second-order valence-corrected chi connectivity index (χ2v) is 22.1. The van der Waals surface area contributed by atoms with E-state index in [1.165, 1.54) is 73.4 Å². The SMILES string of the molecule is C=C(C)C(=O)OCCNC(=O)OCCOC(=O)C(C)(C)CC.CCC(C)(C)C(=O)O.CCC(C)(C)C(=O)[O-].CC[NH+](CC)CCCC(=O)Nc1cccc(N2C(=O)NC(=O)C(=CC=C(C)C=Cc3c(O)[nH]c(=O)n(-c4cccc(NC(C)=O)c4)c3=O)C2=O)c1. The molecular formula is C63H88N8O18. The number of nitrogens with zero attached hydrogens (tertiary/aromatic N) is 2. The van der Waals surface area contributed by atoms with Crippen LogP contribution in [0.2, 0.25) is 0 Å². The minimum Gasteiger partial charge on any atom is -0.550 e. The lowest BCUT2D eigenvalue weighted by Gasteiger charge is -2.26. The summed E-state index contributed by atoms with van der Waals surface area (Å²) in [5, 5.41) is 38.9. The number of hydrogen-bond donors (Lipinski definition) is 8. The number of amides is 7. The van der Waals surface area contributed by atoms with Crippen LogP contribution in [0.25, 0.3) is 11.8 Å². The molecule has 1 aliphatic heterocycles. The number of urea groups is 1. The number of alkyl carbamates (subject to hydrolysis) is 1. The summed E-state index contributed by atoms with van der Waals surface area (Å²) in [6, 6.07) is 11.2. The van der Waals surface area contributed by atoms with Crippen molar-refractivity contribution in [2.45, 2.75) is 129 Å². The molecule has 1 saturated heterocycles. The number of allylic oxidation sites excluding steroid dienone is 4. The summed E-state index contributed by atoms with van der Waals surface area (Å²) in [5.74, 6) is -5.59. The summed E-state index contributed by atoms with van der Waals surface area (Å²) < 4.78 is 15.4. The number of ether oxygens (including phenoxy) is 3. The van der Waals surface area contributed by atoms with Gasteiger partial charge in [-0.15, -0.1) is 0 Å². The molecule has 0 bridgehead atoms. The van der Waals surface area contributed by atoms with Crippen molar-refractivity contribution in [2.75, 3.05) is 61.5 Å². The molecule has 1 aromatic heterocycles. The average molecular weight is 1250 g/mol. The Bertz CT molecular complexity index is 3210. The zero-order valence-electron chi connectivity index (χ0n) is 53.4. The number of carbonyl (C=O) groups is 10. The van der Waals surface area contributed by atoms with Crippen LogP contribution < -0.4 is 47.4 Å². The highest BCUT2D eigenvalue weighted by Gasteiger charge is 2.37. The minimum absolute atomic E-state index is 0.000325. The van der Waals surface area contributed by atoms with Crippen LogP contribution in [0.4, 0.5) is 26.7 Å². The minimum atomic E-state index is -0.972. The maximum absolute atomic E-state index is 13.4. The Kier molecular flexibility index (Phi) is 32.5. The molecule has 1 aliphatic rings. The Morgan fingerprint density at radius 2 is 1.31 bits per heavy atom. The van der Waals surface area contributed by atoms with Gasteiger partial charge in [0.05, 0.1) is 48.4 Å². The van der Waals surface area contributed by atoms with Crippen molar-refractivity contribution < 1.29 is 82.4 Å². The molecule has 0 radical (unpaired) electrons. The fourth-order valence-electron chi connectivity index (χ4n) is 6.67. The van der Waals surface area contributed by atoms with Gasteiger partial charge in [0, 0.05) is 48.1 Å². The molecule has 26 nitrogen and oxygen atoms in total. The van der Waals surface area contributed by atoms with Crippen molar-refractivity contribution in [1.29, 1.82) is 0 Å². The molecule has 89 heavy (non-hydrogen) atoms. The maximum Gasteiger partial charge on any atom is 0.407 e. The third-order valence-corrected chi connectivity index (χ3v) is 13.8. The van der Waals surface area contributed by atoms with Crippen LogP contribution in [0, 0.1) is 16.2 Å². The number of aliphatic carboxylic acids is 2. The third kappa shape index (κ3) is 26.6. The number of H-pyrrole nitrogens is 1. The highest BCUT2D eigenvalue weighted by molar-refractivity contribution is 6.37. The molecule has 7 amide bonds. The number of esters is 2. The number of rotatable bonds is 26. The summed E-state index contributed by atoms with van der Waals surface area (Å²) in [6.07, 6.45) is 7.57. The molecule has 2 aromatic carbocycles. The summed E-state index contributed by atoms with van der Waals surface area (Å²) in [6.45, 7) is 30.9. The molecule has 8 N–H and O–H groups in total. The normalized spacial score (nSPS) is 12.9. The van der Waals surface area contributed by atoms with Gasteiger partial charge in [0.15, 0.2) is 0 Å². The van der Waals surface area contributed by atoms with E-state index < -0.39 is 75.2 Å². The van der Waals surface area contributed by atoms with Crippen molar-refractivity contribution in [3.05, 3.63) is 116 Å². The number of carbonyl (C=O) groups excluding carboxylic acids is 9. The average Bonchev–Trinajstić information content (AvgIpc) is 3.36. The number of anilines is 3. The summed E-state index contributed by atoms with van der Waals surface area (Å²) >= 11 is 0. The van der Waals surface area contributed by atoms with E-state index in [9.17, 15) is 67.7 Å². The smallest absolute Gasteiger partial charge is 0.407 e. The van der Waals surface area contributed by atoms with E-state index in [4.69, 9.17) is 19.3 Å². The number of hydrogen-bond acceptors (Lipinski definition) is 17. The molecule has 26 heteroatoms. The molecule has 0 spiro atoms. The van der Waals surface area contributed by atoms with Crippen LogP contribution >= 0.6 is 0 Å². The lowest BCUT2D eigenvalue weighted by molar-refractivity contribution is -0.896. The van der Waals surface area contributed by atoms with Gasteiger partial charge in [-0.25, -0.2) is 28.6 Å². The van der Waals surface area contributed by atoms with Gasteiger partial charge in [-0.1, -0.05) is 71.1 Å². The molecule has 4 rings (SSSR count). The molecule has 0 unspecified atom stereocenters. The van der Waals surface area contributed by atoms with Gasteiger partial charge in [0.1, 0.15) is 31.0 Å². The molecular weight excluding hydrogens is 1160 g/mol.